The second-order valence-electron chi connectivity index (χ2n) is 6.01. The van der Waals surface area contributed by atoms with E-state index in [2.05, 4.69) is 45.0 Å². The summed E-state index contributed by atoms with van der Waals surface area (Å²) < 4.78 is 0. The van der Waals surface area contributed by atoms with Gasteiger partial charge >= 0.3 is 0 Å². The molecule has 0 aromatic heterocycles. The van der Waals surface area contributed by atoms with Crippen molar-refractivity contribution < 1.29 is 0 Å². The average molecular weight is 247 g/mol. The van der Waals surface area contributed by atoms with Crippen molar-refractivity contribution in [2.24, 2.45) is 17.6 Å². The van der Waals surface area contributed by atoms with Gasteiger partial charge in [-0.3, -0.25) is 0 Å². The quantitative estimate of drug-likeness (QED) is 0.685. The van der Waals surface area contributed by atoms with Crippen LogP contribution in [0.3, 0.4) is 0 Å². The van der Waals surface area contributed by atoms with Gasteiger partial charge in [-0.1, -0.05) is 57.9 Å². The van der Waals surface area contributed by atoms with E-state index in [-0.39, 0.29) is 0 Å². The maximum absolute atomic E-state index is 5.53. The molecule has 0 unspecified atom stereocenters. The van der Waals surface area contributed by atoms with E-state index in [1.807, 2.05) is 0 Å². The molecule has 0 heterocycles. The number of benzene rings is 1. The van der Waals surface area contributed by atoms with Crippen LogP contribution in [0.5, 0.6) is 0 Å². The van der Waals surface area contributed by atoms with E-state index in [0.29, 0.717) is 0 Å². The lowest BCUT2D eigenvalue weighted by atomic mass is 9.93. The highest BCUT2D eigenvalue weighted by Gasteiger charge is 2.05. The second kappa shape index (κ2) is 8.31. The molecule has 0 amide bonds. The summed E-state index contributed by atoms with van der Waals surface area (Å²) in [5.74, 6) is 1.51. The van der Waals surface area contributed by atoms with Gasteiger partial charge in [-0.2, -0.15) is 0 Å². The zero-order valence-corrected chi connectivity index (χ0v) is 12.3. The fourth-order valence-corrected chi connectivity index (χ4v) is 2.50. The minimum atomic E-state index is 0.738. The molecule has 18 heavy (non-hydrogen) atoms. The largest absolute Gasteiger partial charge is 0.330 e. The number of unbranched alkanes of at least 4 members (excludes halogenated alkanes) is 1. The molecule has 102 valence electrons. The molecule has 1 heteroatoms. The van der Waals surface area contributed by atoms with Crippen LogP contribution in [0.25, 0.3) is 0 Å². The predicted molar refractivity (Wildman–Crippen MR) is 80.8 cm³/mol. The van der Waals surface area contributed by atoms with Gasteiger partial charge in [-0.05, 0) is 48.8 Å². The van der Waals surface area contributed by atoms with Crippen molar-refractivity contribution in [3.63, 3.8) is 0 Å². The van der Waals surface area contributed by atoms with E-state index in [1.54, 1.807) is 0 Å². The molecule has 0 saturated carbocycles. The summed E-state index contributed by atoms with van der Waals surface area (Å²) in [6.45, 7) is 7.74. The molecule has 0 aliphatic carbocycles. The monoisotopic (exact) mass is 247 g/mol. The third kappa shape index (κ3) is 6.20. The maximum Gasteiger partial charge on any atom is -0.00773 e. The van der Waals surface area contributed by atoms with Crippen molar-refractivity contribution in [2.75, 3.05) is 6.54 Å². The number of hydrogen-bond donors (Lipinski definition) is 1. The number of nitrogens with two attached hydrogens (primary N) is 1. The summed E-state index contributed by atoms with van der Waals surface area (Å²) in [4.78, 5) is 0. The lowest BCUT2D eigenvalue weighted by Crippen LogP contribution is -2.04. The molecule has 1 atom stereocenters. The molecule has 0 aliphatic heterocycles. The summed E-state index contributed by atoms with van der Waals surface area (Å²) in [6.07, 6.45) is 6.12. The Balaban J connectivity index is 2.45. The van der Waals surface area contributed by atoms with Crippen LogP contribution in [-0.4, -0.2) is 6.54 Å². The molecule has 1 nitrogen and oxygen atoms in total. The molecule has 2 N–H and O–H groups in total. The normalized spacial score (nSPS) is 12.9. The van der Waals surface area contributed by atoms with Crippen molar-refractivity contribution in [3.8, 4) is 0 Å². The molecule has 0 saturated heterocycles. The van der Waals surface area contributed by atoms with Gasteiger partial charge in [0.2, 0.25) is 0 Å². The standard InChI is InChI=1S/C17H29N/c1-14(2)11-16-8-6-9-17(13-16)12-15(3)7-4-5-10-18/h6,8-9,13-15H,4-5,7,10-12,18H2,1-3H3/t15-/m0/s1. The van der Waals surface area contributed by atoms with Crippen LogP contribution in [0.4, 0.5) is 0 Å². The Kier molecular flexibility index (Phi) is 7.04. The van der Waals surface area contributed by atoms with E-state index in [0.717, 1.165) is 24.8 Å². The van der Waals surface area contributed by atoms with Crippen LogP contribution in [0.1, 0.15) is 51.2 Å². The molecule has 1 aromatic rings. The van der Waals surface area contributed by atoms with Crippen molar-refractivity contribution in [3.05, 3.63) is 35.4 Å². The first-order chi connectivity index (χ1) is 8.61. The maximum atomic E-state index is 5.53. The van der Waals surface area contributed by atoms with Crippen molar-refractivity contribution >= 4 is 0 Å². The van der Waals surface area contributed by atoms with E-state index >= 15 is 0 Å². The molecular weight excluding hydrogens is 218 g/mol. The van der Waals surface area contributed by atoms with Crippen molar-refractivity contribution in [1.82, 2.24) is 0 Å². The lowest BCUT2D eigenvalue weighted by Gasteiger charge is -2.12. The van der Waals surface area contributed by atoms with Crippen molar-refractivity contribution in [2.45, 2.75) is 52.9 Å². The molecule has 1 rings (SSSR count). The average Bonchev–Trinajstić information content (AvgIpc) is 2.28. The molecule has 0 fully saturated rings. The topological polar surface area (TPSA) is 26.0 Å². The van der Waals surface area contributed by atoms with E-state index in [4.69, 9.17) is 5.73 Å². The zero-order valence-electron chi connectivity index (χ0n) is 12.3. The van der Waals surface area contributed by atoms with E-state index in [1.165, 1.54) is 36.8 Å². The van der Waals surface area contributed by atoms with Gasteiger partial charge in [0.05, 0.1) is 0 Å². The smallest absolute Gasteiger partial charge is 0.00773 e. The summed E-state index contributed by atoms with van der Waals surface area (Å²) in [5, 5.41) is 0. The van der Waals surface area contributed by atoms with Gasteiger partial charge in [0.25, 0.3) is 0 Å². The zero-order chi connectivity index (χ0) is 13.4. The molecule has 0 bridgehead atoms. The molecular formula is C17H29N. The third-order valence-corrected chi connectivity index (χ3v) is 3.37. The van der Waals surface area contributed by atoms with Crippen LogP contribution in [0.2, 0.25) is 0 Å². The van der Waals surface area contributed by atoms with Crippen LogP contribution < -0.4 is 5.73 Å². The first-order valence-corrected chi connectivity index (χ1v) is 7.39. The first kappa shape index (κ1) is 15.2. The van der Waals surface area contributed by atoms with Crippen molar-refractivity contribution in [1.29, 1.82) is 0 Å². The van der Waals surface area contributed by atoms with Gasteiger partial charge in [-0.25, -0.2) is 0 Å². The molecule has 0 aliphatic rings. The van der Waals surface area contributed by atoms with Gasteiger partial charge < -0.3 is 5.73 Å². The summed E-state index contributed by atoms with van der Waals surface area (Å²) in [5.41, 5.74) is 8.51. The Labute approximate surface area is 113 Å². The Hall–Kier alpha value is -0.820. The van der Waals surface area contributed by atoms with Crippen LogP contribution in [0, 0.1) is 11.8 Å². The minimum absolute atomic E-state index is 0.738. The van der Waals surface area contributed by atoms with Crippen LogP contribution in [-0.2, 0) is 12.8 Å². The van der Waals surface area contributed by atoms with Crippen LogP contribution >= 0.6 is 0 Å². The fourth-order valence-electron chi connectivity index (χ4n) is 2.50. The van der Waals surface area contributed by atoms with E-state index < -0.39 is 0 Å². The molecule has 1 aromatic carbocycles. The van der Waals surface area contributed by atoms with E-state index in [9.17, 15) is 0 Å². The summed E-state index contributed by atoms with van der Waals surface area (Å²) in [6, 6.07) is 9.12. The fraction of sp³-hybridized carbons (Fsp3) is 0.647. The number of hydrogen-bond acceptors (Lipinski definition) is 1. The Morgan fingerprint density at radius 2 is 1.67 bits per heavy atom. The molecule has 0 spiro atoms. The highest BCUT2D eigenvalue weighted by molar-refractivity contribution is 5.24. The summed E-state index contributed by atoms with van der Waals surface area (Å²) in [7, 11) is 0. The predicted octanol–water partition coefficient (Wildman–Crippen LogP) is 4.19. The molecule has 0 radical (unpaired) electrons. The van der Waals surface area contributed by atoms with Gasteiger partial charge in [0.1, 0.15) is 0 Å². The highest BCUT2D eigenvalue weighted by Crippen LogP contribution is 2.17. The Morgan fingerprint density at radius 1 is 1.00 bits per heavy atom. The SMILES string of the molecule is CC(C)Cc1cccc(C[C@@H](C)CCCCN)c1. The summed E-state index contributed by atoms with van der Waals surface area (Å²) >= 11 is 0. The van der Waals surface area contributed by atoms with Gasteiger partial charge in [0.15, 0.2) is 0 Å². The lowest BCUT2D eigenvalue weighted by molar-refractivity contribution is 0.498. The Bertz CT molecular complexity index is 330. The minimum Gasteiger partial charge on any atom is -0.330 e. The number of rotatable bonds is 8. The first-order valence-electron chi connectivity index (χ1n) is 7.39. The van der Waals surface area contributed by atoms with Crippen LogP contribution in [0.15, 0.2) is 24.3 Å². The van der Waals surface area contributed by atoms with Gasteiger partial charge in [0, 0.05) is 0 Å². The third-order valence-electron chi connectivity index (χ3n) is 3.37. The Morgan fingerprint density at radius 3 is 2.28 bits per heavy atom. The highest BCUT2D eigenvalue weighted by atomic mass is 14.5. The second-order valence-corrected chi connectivity index (χ2v) is 6.01. The van der Waals surface area contributed by atoms with Gasteiger partial charge in [-0.15, -0.1) is 0 Å².